The van der Waals surface area contributed by atoms with Crippen molar-refractivity contribution in [2.45, 2.75) is 10.8 Å². The zero-order valence-electron chi connectivity index (χ0n) is 41.1. The predicted molar refractivity (Wildman–Crippen MR) is 313 cm³/mol. The van der Waals surface area contributed by atoms with Crippen molar-refractivity contribution >= 4 is 49.4 Å². The summed E-state index contributed by atoms with van der Waals surface area (Å²) in [6, 6.07) is 108. The third-order valence-corrected chi connectivity index (χ3v) is 17.1. The van der Waals surface area contributed by atoms with Crippen LogP contribution in [0.4, 0.5) is 17.1 Å². The van der Waals surface area contributed by atoms with Crippen molar-refractivity contribution in [1.82, 2.24) is 0 Å². The van der Waals surface area contributed by atoms with Gasteiger partial charge >= 0.3 is 0 Å². The molecule has 1 nitrogen and oxygen atoms in total. The highest BCUT2D eigenvalue weighted by atomic mass is 15.1. The van der Waals surface area contributed by atoms with Crippen LogP contribution in [0, 0.1) is 0 Å². The van der Waals surface area contributed by atoms with E-state index in [9.17, 15) is 0 Å². The van der Waals surface area contributed by atoms with Crippen LogP contribution < -0.4 is 4.90 Å². The Balaban J connectivity index is 1.02. The van der Waals surface area contributed by atoms with E-state index in [0.29, 0.717) is 0 Å². The third-order valence-electron chi connectivity index (χ3n) is 17.1. The van der Waals surface area contributed by atoms with E-state index in [1.807, 2.05) is 0 Å². The first-order valence-corrected chi connectivity index (χ1v) is 26.2. The zero-order valence-corrected chi connectivity index (χ0v) is 41.1. The van der Waals surface area contributed by atoms with Gasteiger partial charge in [-0.05, 0) is 146 Å². The molecule has 16 rings (SSSR count). The molecule has 0 saturated heterocycles. The fraction of sp³-hybridized carbons (Fsp3) is 0.0270. The second kappa shape index (κ2) is 16.0. The van der Waals surface area contributed by atoms with Crippen LogP contribution >= 0.6 is 0 Å². The van der Waals surface area contributed by atoms with Gasteiger partial charge in [-0.25, -0.2) is 0 Å². The quantitative estimate of drug-likeness (QED) is 0.161. The summed E-state index contributed by atoms with van der Waals surface area (Å²) in [5.41, 5.74) is 22.6. The maximum absolute atomic E-state index is 2.57. The molecule has 1 unspecified atom stereocenters. The van der Waals surface area contributed by atoms with E-state index in [2.05, 4.69) is 290 Å². The summed E-state index contributed by atoms with van der Waals surface area (Å²) in [7, 11) is 0. The van der Waals surface area contributed by atoms with E-state index in [0.717, 1.165) is 17.1 Å². The number of hydrogen-bond donors (Lipinski definition) is 0. The summed E-state index contributed by atoms with van der Waals surface area (Å²) in [5, 5.41) is 7.45. The molecule has 0 aromatic heterocycles. The molecule has 1 heteroatoms. The highest BCUT2D eigenvalue weighted by Gasteiger charge is 2.52. The van der Waals surface area contributed by atoms with Crippen molar-refractivity contribution in [3.8, 4) is 44.5 Å². The molecule has 3 aliphatic rings. The summed E-state index contributed by atoms with van der Waals surface area (Å²) in [6.45, 7) is 0. The van der Waals surface area contributed by atoms with E-state index in [-0.39, 0.29) is 0 Å². The molecular formula is C74H47N. The van der Waals surface area contributed by atoms with Crippen LogP contribution in [0.15, 0.2) is 285 Å². The molecule has 13 aromatic rings. The second-order valence-electron chi connectivity index (χ2n) is 20.6. The normalized spacial score (nSPS) is 15.1. The van der Waals surface area contributed by atoms with Crippen LogP contribution in [0.1, 0.15) is 44.5 Å². The van der Waals surface area contributed by atoms with Crippen molar-refractivity contribution in [1.29, 1.82) is 0 Å². The molecule has 0 aliphatic heterocycles. The van der Waals surface area contributed by atoms with Gasteiger partial charge in [0.15, 0.2) is 0 Å². The minimum absolute atomic E-state index is 0.561. The standard InChI is InChI=1S/C74H47N/c1-3-25-51(26-4-1)73(52-27-5-2-6-28-52)65-36-14-11-31-58(65)61-44-41-53(46-68(61)73)75(70-39-19-23-49-21-8-10-30-56(49)70)54-42-45-62-59-32-12-15-37-66(59)74(69(62)47-54)67-38-16-13-33-60(67)63-35-18-24-50-40-43-64(72(74)71(50)63)57-34-17-22-48-20-7-9-29-55(48)57/h1-47H. The van der Waals surface area contributed by atoms with Crippen molar-refractivity contribution in [3.05, 3.63) is 330 Å². The highest BCUT2D eigenvalue weighted by Crippen LogP contribution is 2.65. The Hall–Kier alpha value is -9.56. The molecule has 0 heterocycles. The van der Waals surface area contributed by atoms with E-state index >= 15 is 0 Å². The van der Waals surface area contributed by atoms with Crippen molar-refractivity contribution in [2.24, 2.45) is 0 Å². The second-order valence-corrected chi connectivity index (χ2v) is 20.6. The molecule has 0 radical (unpaired) electrons. The van der Waals surface area contributed by atoms with Crippen LogP contribution in [0.3, 0.4) is 0 Å². The minimum atomic E-state index is -0.682. The van der Waals surface area contributed by atoms with Gasteiger partial charge in [-0.1, -0.05) is 255 Å². The monoisotopic (exact) mass is 949 g/mol. The number of nitrogens with zero attached hydrogens (tertiary/aromatic N) is 1. The number of benzene rings is 13. The van der Waals surface area contributed by atoms with Gasteiger partial charge in [0.1, 0.15) is 0 Å². The fourth-order valence-electron chi connectivity index (χ4n) is 14.2. The summed E-state index contributed by atoms with van der Waals surface area (Å²) < 4.78 is 0. The van der Waals surface area contributed by atoms with Gasteiger partial charge in [0, 0.05) is 16.8 Å². The van der Waals surface area contributed by atoms with Gasteiger partial charge in [-0.3, -0.25) is 0 Å². The van der Waals surface area contributed by atoms with Gasteiger partial charge in [0.25, 0.3) is 0 Å². The molecule has 0 bridgehead atoms. The molecule has 3 aliphatic carbocycles. The Morgan fingerprint density at radius 2 is 0.653 bits per heavy atom. The molecule has 0 saturated carbocycles. The lowest BCUT2D eigenvalue weighted by atomic mass is 9.60. The van der Waals surface area contributed by atoms with Gasteiger partial charge in [0.2, 0.25) is 0 Å². The van der Waals surface area contributed by atoms with Crippen LogP contribution in [0.25, 0.3) is 76.8 Å². The Bertz CT molecular complexity index is 4440. The van der Waals surface area contributed by atoms with Crippen LogP contribution in [0.2, 0.25) is 0 Å². The smallest absolute Gasteiger partial charge is 0.0732 e. The number of hydrogen-bond acceptors (Lipinski definition) is 1. The lowest BCUT2D eigenvalue weighted by molar-refractivity contribution is 0.768. The Labute approximate surface area is 436 Å². The van der Waals surface area contributed by atoms with E-state index in [1.165, 1.54) is 121 Å². The summed E-state index contributed by atoms with van der Waals surface area (Å²) in [6.07, 6.45) is 0. The first kappa shape index (κ1) is 42.0. The fourth-order valence-corrected chi connectivity index (χ4v) is 14.2. The first-order valence-electron chi connectivity index (χ1n) is 26.2. The van der Waals surface area contributed by atoms with Crippen molar-refractivity contribution in [2.75, 3.05) is 4.90 Å². The largest absolute Gasteiger partial charge is 0.310 e. The topological polar surface area (TPSA) is 3.24 Å². The Morgan fingerprint density at radius 1 is 0.240 bits per heavy atom. The molecule has 13 aromatic carbocycles. The van der Waals surface area contributed by atoms with Gasteiger partial charge < -0.3 is 4.90 Å². The highest BCUT2D eigenvalue weighted by molar-refractivity contribution is 6.12. The molecule has 348 valence electrons. The van der Waals surface area contributed by atoms with Crippen LogP contribution in [0.5, 0.6) is 0 Å². The minimum Gasteiger partial charge on any atom is -0.310 e. The maximum atomic E-state index is 2.57. The van der Waals surface area contributed by atoms with Crippen LogP contribution in [-0.4, -0.2) is 0 Å². The third kappa shape index (κ3) is 5.67. The van der Waals surface area contributed by atoms with Crippen molar-refractivity contribution in [3.63, 3.8) is 0 Å². The lowest BCUT2D eigenvalue weighted by Gasteiger charge is -2.42. The molecule has 1 spiro atoms. The Kier molecular flexibility index (Phi) is 8.94. The zero-order chi connectivity index (χ0) is 49.2. The lowest BCUT2D eigenvalue weighted by Crippen LogP contribution is -2.32. The van der Waals surface area contributed by atoms with Gasteiger partial charge in [-0.2, -0.15) is 0 Å². The average molecular weight is 950 g/mol. The van der Waals surface area contributed by atoms with Gasteiger partial charge in [-0.15, -0.1) is 0 Å². The summed E-state index contributed by atoms with van der Waals surface area (Å²) in [4.78, 5) is 2.55. The van der Waals surface area contributed by atoms with Gasteiger partial charge in [0.05, 0.1) is 16.5 Å². The van der Waals surface area contributed by atoms with E-state index in [4.69, 9.17) is 0 Å². The summed E-state index contributed by atoms with van der Waals surface area (Å²) in [5.74, 6) is 0. The molecule has 1 atom stereocenters. The Morgan fingerprint density at radius 3 is 1.28 bits per heavy atom. The number of fused-ring (bicyclic) bond motifs is 14. The molecule has 0 amide bonds. The van der Waals surface area contributed by atoms with E-state index < -0.39 is 10.8 Å². The number of anilines is 3. The SMILES string of the molecule is c1ccc(C2(c3ccccc3)c3ccccc3-c3ccc(N(c4ccc5c(c4)C4(c6ccccc6-5)c5ccccc5-c5cccc6ccc(-c7cccc8ccccc78)c4c56)c4cccc5ccccc45)cc32)cc1. The summed E-state index contributed by atoms with van der Waals surface area (Å²) >= 11 is 0. The molecule has 0 fully saturated rings. The molecular weight excluding hydrogens is 903 g/mol. The molecule has 0 N–H and O–H groups in total. The van der Waals surface area contributed by atoms with Crippen molar-refractivity contribution < 1.29 is 0 Å². The predicted octanol–water partition coefficient (Wildman–Crippen LogP) is 19.0. The molecule has 75 heavy (non-hydrogen) atoms. The average Bonchev–Trinajstić information content (AvgIpc) is 4.06. The van der Waals surface area contributed by atoms with E-state index in [1.54, 1.807) is 0 Å². The number of rotatable bonds is 6. The first-order chi connectivity index (χ1) is 37.2. The van der Waals surface area contributed by atoms with Crippen LogP contribution in [-0.2, 0) is 10.8 Å². The maximum Gasteiger partial charge on any atom is 0.0732 e.